The Morgan fingerprint density at radius 3 is 2.10 bits per heavy atom. The largest absolute Gasteiger partial charge is 0.490 e. The highest BCUT2D eigenvalue weighted by molar-refractivity contribution is 6.23. The van der Waals surface area contributed by atoms with E-state index in [-0.39, 0.29) is 41.5 Å². The third kappa shape index (κ3) is 6.41. The number of hydrogen-bond donors (Lipinski definition) is 3. The van der Waals surface area contributed by atoms with Crippen molar-refractivity contribution in [1.29, 1.82) is 0 Å². The van der Waals surface area contributed by atoms with Crippen LogP contribution in [0.2, 0.25) is 0 Å². The molecule has 3 N–H and O–H groups in total. The van der Waals surface area contributed by atoms with E-state index in [9.17, 15) is 24.3 Å². The number of aromatic nitrogens is 2. The van der Waals surface area contributed by atoms with Gasteiger partial charge in [-0.15, -0.1) is 0 Å². The Morgan fingerprint density at radius 2 is 1.48 bits per heavy atom. The molecule has 2 atom stereocenters. The average molecular weight is 676 g/mol. The highest BCUT2D eigenvalue weighted by atomic mass is 16.5. The Hall–Kier alpha value is -5.62. The number of nitrogens with one attached hydrogen (secondary N) is 2. The van der Waals surface area contributed by atoms with Gasteiger partial charge in [-0.1, -0.05) is 38.1 Å². The molecule has 4 amide bonds. The lowest BCUT2D eigenvalue weighted by Gasteiger charge is -2.36. The molecule has 4 aromatic rings. The van der Waals surface area contributed by atoms with Gasteiger partial charge in [0.25, 0.3) is 11.8 Å². The molecule has 1 aromatic heterocycles. The summed E-state index contributed by atoms with van der Waals surface area (Å²) in [6.07, 6.45) is 4.12. The monoisotopic (exact) mass is 675 g/mol. The molecule has 1 aliphatic carbocycles. The summed E-state index contributed by atoms with van der Waals surface area (Å²) >= 11 is 0. The number of hydrogen-bond acceptors (Lipinski definition) is 10. The van der Waals surface area contributed by atoms with E-state index < -0.39 is 35.8 Å². The van der Waals surface area contributed by atoms with Crippen LogP contribution in [0.3, 0.4) is 0 Å². The summed E-state index contributed by atoms with van der Waals surface area (Å²) in [5.41, 5.74) is 3.20. The maximum Gasteiger partial charge on any atom is 0.262 e. The van der Waals surface area contributed by atoms with Gasteiger partial charge in [-0.25, -0.2) is 9.97 Å². The van der Waals surface area contributed by atoms with Gasteiger partial charge in [0.1, 0.15) is 29.7 Å². The highest BCUT2D eigenvalue weighted by Crippen LogP contribution is 2.36. The number of amides is 4. The first-order valence-electron chi connectivity index (χ1n) is 16.6. The molecule has 0 spiro atoms. The Kier molecular flexibility index (Phi) is 8.56. The molecule has 3 aromatic carbocycles. The Morgan fingerprint density at radius 1 is 0.860 bits per heavy atom. The Bertz CT molecular complexity index is 1950. The summed E-state index contributed by atoms with van der Waals surface area (Å²) < 4.78 is 12.1. The van der Waals surface area contributed by atoms with Gasteiger partial charge in [0.2, 0.25) is 11.8 Å². The quantitative estimate of drug-likeness (QED) is 0.194. The Balaban J connectivity index is 0.910. The molecule has 256 valence electrons. The first-order valence-corrected chi connectivity index (χ1v) is 16.6. The molecule has 1 saturated carbocycles. The molecule has 2 aliphatic heterocycles. The minimum Gasteiger partial charge on any atom is -0.490 e. The van der Waals surface area contributed by atoms with Crippen LogP contribution < -0.4 is 20.1 Å². The van der Waals surface area contributed by atoms with Crippen molar-refractivity contribution in [1.82, 2.24) is 20.2 Å². The second kappa shape index (κ2) is 13.0. The molecule has 50 heavy (non-hydrogen) atoms. The van der Waals surface area contributed by atoms with Gasteiger partial charge >= 0.3 is 0 Å². The Labute approximate surface area is 288 Å². The molecule has 3 aliphatic rings. The number of carbonyl (C=O) groups is 4. The fraction of sp³-hybridized carbons (Fsp3) is 0.316. The van der Waals surface area contributed by atoms with E-state index in [1.54, 1.807) is 37.5 Å². The van der Waals surface area contributed by atoms with E-state index in [2.05, 4.69) is 46.6 Å². The van der Waals surface area contributed by atoms with E-state index in [1.165, 1.54) is 0 Å². The molecule has 12 heteroatoms. The topological polar surface area (TPSA) is 160 Å². The minimum atomic E-state index is -0.989. The van der Waals surface area contributed by atoms with E-state index in [0.29, 0.717) is 23.0 Å². The van der Waals surface area contributed by atoms with Gasteiger partial charge in [-0.05, 0) is 66.9 Å². The number of piperidine rings is 1. The van der Waals surface area contributed by atoms with Gasteiger partial charge in [0.05, 0.1) is 23.5 Å². The van der Waals surface area contributed by atoms with Gasteiger partial charge in [-0.3, -0.25) is 29.4 Å². The first-order chi connectivity index (χ1) is 24.0. The van der Waals surface area contributed by atoms with E-state index in [1.807, 2.05) is 36.4 Å². The van der Waals surface area contributed by atoms with E-state index >= 15 is 0 Å². The second-order valence-corrected chi connectivity index (χ2v) is 13.5. The van der Waals surface area contributed by atoms with Crippen molar-refractivity contribution in [2.75, 3.05) is 5.32 Å². The van der Waals surface area contributed by atoms with Crippen molar-refractivity contribution in [2.24, 2.45) is 0 Å². The molecular formula is C38H37N5O7. The number of anilines is 1. The van der Waals surface area contributed by atoms with Crippen molar-refractivity contribution in [3.63, 3.8) is 0 Å². The van der Waals surface area contributed by atoms with Crippen LogP contribution in [0.1, 0.15) is 90.2 Å². The van der Waals surface area contributed by atoms with Crippen LogP contribution >= 0.6 is 0 Å². The normalized spacial score (nSPS) is 20.9. The predicted octanol–water partition coefficient (Wildman–Crippen LogP) is 5.07. The highest BCUT2D eigenvalue weighted by Gasteiger charge is 2.44. The van der Waals surface area contributed by atoms with Crippen LogP contribution in [0.25, 0.3) is 0 Å². The van der Waals surface area contributed by atoms with Crippen LogP contribution in [-0.4, -0.2) is 61.8 Å². The number of carbonyl (C=O) groups excluding carboxylic acids is 4. The molecule has 2 unspecified atom stereocenters. The standard InChI is InChI=1S/C38H37N5O7/c1-21(44)34-39-19-29(20-40-34)50-27-11-6-23(7-12-27)38(2,3)22-4-9-26(10-5-22)49-28-16-25(17-28)41-24-8-13-30-31(18-24)37(48)43(36(30)47)32-14-15-33(45)42-35(32)46/h4-13,18-21,25,28,32,41,44H,14-17H2,1-3H3,(H,42,45,46)/t21?,25-,28+,32?. The molecule has 0 bridgehead atoms. The van der Waals surface area contributed by atoms with Crippen molar-refractivity contribution in [3.05, 3.63) is 107 Å². The molecule has 0 radical (unpaired) electrons. The number of ether oxygens (including phenoxy) is 2. The van der Waals surface area contributed by atoms with Gasteiger partial charge in [0, 0.05) is 36.4 Å². The fourth-order valence-corrected chi connectivity index (χ4v) is 6.56. The van der Waals surface area contributed by atoms with Crippen molar-refractivity contribution in [3.8, 4) is 17.2 Å². The molecular weight excluding hydrogens is 638 g/mol. The second-order valence-electron chi connectivity index (χ2n) is 13.5. The predicted molar refractivity (Wildman–Crippen MR) is 182 cm³/mol. The van der Waals surface area contributed by atoms with E-state index in [0.717, 1.165) is 34.6 Å². The van der Waals surface area contributed by atoms with Crippen molar-refractivity contribution < 1.29 is 33.8 Å². The van der Waals surface area contributed by atoms with Crippen molar-refractivity contribution in [2.45, 2.75) is 76.2 Å². The lowest BCUT2D eigenvalue weighted by atomic mass is 9.78. The molecule has 1 saturated heterocycles. The molecule has 12 nitrogen and oxygen atoms in total. The summed E-state index contributed by atoms with van der Waals surface area (Å²) in [4.78, 5) is 59.2. The zero-order valence-corrected chi connectivity index (χ0v) is 27.9. The van der Waals surface area contributed by atoms with Crippen LogP contribution in [0.5, 0.6) is 17.2 Å². The van der Waals surface area contributed by atoms with Gasteiger partial charge in [-0.2, -0.15) is 0 Å². The maximum absolute atomic E-state index is 13.2. The summed E-state index contributed by atoms with van der Waals surface area (Å²) in [7, 11) is 0. The molecule has 2 fully saturated rings. The van der Waals surface area contributed by atoms with Crippen LogP contribution in [0, 0.1) is 0 Å². The van der Waals surface area contributed by atoms with Crippen LogP contribution in [-0.2, 0) is 15.0 Å². The zero-order chi connectivity index (χ0) is 35.2. The molecule has 7 rings (SSSR count). The fourth-order valence-electron chi connectivity index (χ4n) is 6.56. The number of aliphatic hydroxyl groups excluding tert-OH is 1. The smallest absolute Gasteiger partial charge is 0.262 e. The number of benzene rings is 3. The number of nitrogens with zero attached hydrogens (tertiary/aromatic N) is 3. The number of rotatable bonds is 10. The summed E-state index contributed by atoms with van der Waals surface area (Å²) in [6.45, 7) is 5.94. The summed E-state index contributed by atoms with van der Waals surface area (Å²) in [6, 6.07) is 20.2. The van der Waals surface area contributed by atoms with Gasteiger partial charge < -0.3 is 19.9 Å². The minimum absolute atomic E-state index is 0.0354. The first kappa shape index (κ1) is 32.9. The summed E-state index contributed by atoms with van der Waals surface area (Å²) in [5.74, 6) is 0.202. The zero-order valence-electron chi connectivity index (χ0n) is 27.9. The molecule has 3 heterocycles. The number of fused-ring (bicyclic) bond motifs is 1. The van der Waals surface area contributed by atoms with Crippen molar-refractivity contribution >= 4 is 29.3 Å². The van der Waals surface area contributed by atoms with E-state index in [4.69, 9.17) is 9.47 Å². The average Bonchev–Trinajstić information content (AvgIpc) is 3.32. The third-order valence-corrected chi connectivity index (χ3v) is 9.62. The lowest BCUT2D eigenvalue weighted by Crippen LogP contribution is -2.54. The van der Waals surface area contributed by atoms with Gasteiger partial charge in [0.15, 0.2) is 11.6 Å². The number of aliphatic hydroxyl groups is 1. The van der Waals surface area contributed by atoms with Crippen LogP contribution in [0.4, 0.5) is 5.69 Å². The number of imide groups is 2. The summed E-state index contributed by atoms with van der Waals surface area (Å²) in [5, 5.41) is 15.2. The SMILES string of the molecule is CC(O)c1ncc(Oc2ccc(C(C)(C)c3ccc(O[C@H]4C[C@@H](Nc5ccc6c(c5)C(=O)N(C5CCC(=O)NC5=O)C6=O)C4)cc3)cc2)cn1. The third-order valence-electron chi connectivity index (χ3n) is 9.62. The van der Waals surface area contributed by atoms with Crippen LogP contribution in [0.15, 0.2) is 79.1 Å². The lowest BCUT2D eigenvalue weighted by molar-refractivity contribution is -0.136. The maximum atomic E-state index is 13.2.